The molecule has 2 aromatic carbocycles. The molecular formula is C19H18N2O3. The smallest absolute Gasteiger partial charge is 0.305 e. The van der Waals surface area contributed by atoms with Crippen LogP contribution in [0, 0.1) is 6.92 Å². The molecule has 5 heteroatoms. The number of aromatic nitrogens is 2. The molecule has 0 bridgehead atoms. The van der Waals surface area contributed by atoms with Gasteiger partial charge in [-0.1, -0.05) is 48.0 Å². The van der Waals surface area contributed by atoms with Crippen molar-refractivity contribution in [3.8, 4) is 0 Å². The molecule has 5 nitrogen and oxygen atoms in total. The van der Waals surface area contributed by atoms with Gasteiger partial charge in [-0.15, -0.1) is 0 Å². The zero-order valence-electron chi connectivity index (χ0n) is 13.4. The predicted molar refractivity (Wildman–Crippen MR) is 92.2 cm³/mol. The van der Waals surface area contributed by atoms with E-state index in [0.29, 0.717) is 11.8 Å². The Bertz CT molecular complexity index is 960. The van der Waals surface area contributed by atoms with Crippen LogP contribution in [0.1, 0.15) is 23.2 Å². The number of hydrogen-bond donors (Lipinski definition) is 1. The third-order valence-electron chi connectivity index (χ3n) is 3.94. The topological polar surface area (TPSA) is 72.2 Å². The molecule has 0 aliphatic carbocycles. The van der Waals surface area contributed by atoms with Crippen LogP contribution in [0.3, 0.4) is 0 Å². The third kappa shape index (κ3) is 3.35. The van der Waals surface area contributed by atoms with Crippen LogP contribution in [-0.4, -0.2) is 20.9 Å². The van der Waals surface area contributed by atoms with Crippen LogP contribution in [-0.2, 0) is 17.8 Å². The van der Waals surface area contributed by atoms with Crippen LogP contribution < -0.4 is 5.56 Å². The molecule has 1 N–H and O–H groups in total. The summed E-state index contributed by atoms with van der Waals surface area (Å²) in [5.41, 5.74) is 2.80. The van der Waals surface area contributed by atoms with E-state index in [4.69, 9.17) is 5.11 Å². The van der Waals surface area contributed by atoms with E-state index in [2.05, 4.69) is 11.2 Å². The zero-order chi connectivity index (χ0) is 17.1. The van der Waals surface area contributed by atoms with Crippen LogP contribution in [0.2, 0.25) is 0 Å². The molecule has 0 atom stereocenters. The molecule has 1 heterocycles. The zero-order valence-corrected chi connectivity index (χ0v) is 13.4. The second-order valence-corrected chi connectivity index (χ2v) is 5.83. The largest absolute Gasteiger partial charge is 0.481 e. The van der Waals surface area contributed by atoms with Crippen molar-refractivity contribution in [2.45, 2.75) is 26.3 Å². The number of rotatable bonds is 5. The fourth-order valence-corrected chi connectivity index (χ4v) is 2.80. The molecule has 0 fully saturated rings. The summed E-state index contributed by atoms with van der Waals surface area (Å²) in [7, 11) is 0. The maximum Gasteiger partial charge on any atom is 0.305 e. The Morgan fingerprint density at radius 1 is 1.12 bits per heavy atom. The molecule has 1 aromatic heterocycles. The lowest BCUT2D eigenvalue weighted by Crippen LogP contribution is -2.26. The highest BCUT2D eigenvalue weighted by molar-refractivity contribution is 5.83. The average Bonchev–Trinajstić information content (AvgIpc) is 2.56. The number of carboxylic acid groups (broad SMARTS) is 1. The van der Waals surface area contributed by atoms with Crippen molar-refractivity contribution in [2.24, 2.45) is 0 Å². The highest BCUT2D eigenvalue weighted by atomic mass is 16.4. The summed E-state index contributed by atoms with van der Waals surface area (Å²) in [6.07, 6.45) is 0.463. The van der Waals surface area contributed by atoms with Crippen molar-refractivity contribution in [3.63, 3.8) is 0 Å². The molecular weight excluding hydrogens is 304 g/mol. The van der Waals surface area contributed by atoms with Gasteiger partial charge in [0.05, 0.1) is 24.0 Å². The fourth-order valence-electron chi connectivity index (χ4n) is 2.80. The van der Waals surface area contributed by atoms with E-state index >= 15 is 0 Å². The minimum atomic E-state index is -0.947. The van der Waals surface area contributed by atoms with Crippen LogP contribution in [0.4, 0.5) is 0 Å². The number of hydrogen-bond acceptors (Lipinski definition) is 3. The van der Waals surface area contributed by atoms with Gasteiger partial charge in [0.1, 0.15) is 0 Å². The Balaban J connectivity index is 2.09. The number of fused-ring (bicyclic) bond motifs is 1. The van der Waals surface area contributed by atoms with Crippen molar-refractivity contribution in [2.75, 3.05) is 0 Å². The Morgan fingerprint density at radius 3 is 2.58 bits per heavy atom. The van der Waals surface area contributed by atoms with Gasteiger partial charge in [-0.3, -0.25) is 9.59 Å². The van der Waals surface area contributed by atoms with Crippen molar-refractivity contribution in [1.82, 2.24) is 9.78 Å². The Labute approximate surface area is 139 Å². The standard InChI is InChI=1S/C19H18N2O3/c1-13-5-4-6-14(11-13)12-17-15-7-2-3-8-16(15)19(24)21(20-17)10-9-18(22)23/h2-8,11H,9-10,12H2,1H3,(H,22,23). The van der Waals surface area contributed by atoms with Gasteiger partial charge in [-0.2, -0.15) is 5.10 Å². The highest BCUT2D eigenvalue weighted by Crippen LogP contribution is 2.17. The van der Waals surface area contributed by atoms with Gasteiger partial charge in [0, 0.05) is 11.8 Å². The average molecular weight is 322 g/mol. The molecule has 0 spiro atoms. The minimum absolute atomic E-state index is 0.0693. The Kier molecular flexibility index (Phi) is 4.42. The van der Waals surface area contributed by atoms with Crippen LogP contribution in [0.15, 0.2) is 53.3 Å². The molecule has 0 saturated heterocycles. The van der Waals surface area contributed by atoms with Crippen molar-refractivity contribution < 1.29 is 9.90 Å². The van der Waals surface area contributed by atoms with Crippen molar-refractivity contribution >= 4 is 16.7 Å². The summed E-state index contributed by atoms with van der Waals surface area (Å²) in [4.78, 5) is 23.3. The maximum absolute atomic E-state index is 12.5. The molecule has 0 amide bonds. The van der Waals surface area contributed by atoms with Gasteiger partial charge in [0.25, 0.3) is 5.56 Å². The molecule has 0 aliphatic heterocycles. The fraction of sp³-hybridized carbons (Fsp3) is 0.211. The van der Waals surface area contributed by atoms with Gasteiger partial charge >= 0.3 is 5.97 Å². The molecule has 24 heavy (non-hydrogen) atoms. The van der Waals surface area contributed by atoms with E-state index in [1.54, 1.807) is 6.07 Å². The van der Waals surface area contributed by atoms with E-state index in [0.717, 1.165) is 22.2 Å². The first kappa shape index (κ1) is 15.9. The normalized spacial score (nSPS) is 10.9. The minimum Gasteiger partial charge on any atom is -0.481 e. The lowest BCUT2D eigenvalue weighted by molar-refractivity contribution is -0.137. The van der Waals surface area contributed by atoms with E-state index in [-0.39, 0.29) is 18.5 Å². The highest BCUT2D eigenvalue weighted by Gasteiger charge is 2.11. The summed E-state index contributed by atoms with van der Waals surface area (Å²) >= 11 is 0. The summed E-state index contributed by atoms with van der Waals surface area (Å²) in [6.45, 7) is 2.10. The number of aryl methyl sites for hydroxylation is 2. The van der Waals surface area contributed by atoms with E-state index < -0.39 is 5.97 Å². The van der Waals surface area contributed by atoms with E-state index in [1.165, 1.54) is 4.68 Å². The number of aliphatic carboxylic acids is 1. The van der Waals surface area contributed by atoms with Gasteiger partial charge in [0.2, 0.25) is 0 Å². The number of benzene rings is 2. The van der Waals surface area contributed by atoms with Gasteiger partial charge in [0.15, 0.2) is 0 Å². The predicted octanol–water partition coefficient (Wildman–Crippen LogP) is 2.77. The SMILES string of the molecule is Cc1cccc(Cc2nn(CCC(=O)O)c(=O)c3ccccc23)c1. The molecule has 3 aromatic rings. The molecule has 0 radical (unpaired) electrons. The van der Waals surface area contributed by atoms with Crippen LogP contribution in [0.25, 0.3) is 10.8 Å². The van der Waals surface area contributed by atoms with Gasteiger partial charge < -0.3 is 5.11 Å². The Morgan fingerprint density at radius 2 is 1.88 bits per heavy atom. The van der Waals surface area contributed by atoms with Crippen LogP contribution >= 0.6 is 0 Å². The first-order valence-electron chi connectivity index (χ1n) is 7.80. The lowest BCUT2D eigenvalue weighted by atomic mass is 10.0. The summed E-state index contributed by atoms with van der Waals surface area (Å²) < 4.78 is 1.27. The first-order valence-corrected chi connectivity index (χ1v) is 7.80. The van der Waals surface area contributed by atoms with E-state index in [1.807, 2.05) is 43.3 Å². The maximum atomic E-state index is 12.5. The molecule has 0 unspecified atom stereocenters. The first-order chi connectivity index (χ1) is 11.5. The summed E-state index contributed by atoms with van der Waals surface area (Å²) in [5, 5.41) is 14.7. The molecule has 0 saturated carbocycles. The molecule has 3 rings (SSSR count). The molecule has 122 valence electrons. The molecule has 0 aliphatic rings. The monoisotopic (exact) mass is 322 g/mol. The van der Waals surface area contributed by atoms with Crippen molar-refractivity contribution in [1.29, 1.82) is 0 Å². The van der Waals surface area contributed by atoms with Crippen molar-refractivity contribution in [3.05, 3.63) is 75.7 Å². The van der Waals surface area contributed by atoms with E-state index in [9.17, 15) is 9.59 Å². The Hall–Kier alpha value is -2.95. The number of carbonyl (C=O) groups is 1. The third-order valence-corrected chi connectivity index (χ3v) is 3.94. The second kappa shape index (κ2) is 6.66. The quantitative estimate of drug-likeness (QED) is 0.784. The summed E-state index contributed by atoms with van der Waals surface area (Å²) in [6, 6.07) is 15.5. The summed E-state index contributed by atoms with van der Waals surface area (Å²) in [5.74, 6) is -0.947. The lowest BCUT2D eigenvalue weighted by Gasteiger charge is -2.11. The van der Waals surface area contributed by atoms with Crippen LogP contribution in [0.5, 0.6) is 0 Å². The van der Waals surface area contributed by atoms with Gasteiger partial charge in [-0.05, 0) is 18.6 Å². The van der Waals surface area contributed by atoms with Gasteiger partial charge in [-0.25, -0.2) is 4.68 Å². The second-order valence-electron chi connectivity index (χ2n) is 5.83. The number of nitrogens with zero attached hydrogens (tertiary/aromatic N) is 2. The number of carboxylic acids is 1.